The van der Waals surface area contributed by atoms with E-state index in [1.165, 1.54) is 0 Å². The molecule has 2 rings (SSSR count). The number of ether oxygens (including phenoxy) is 3. The van der Waals surface area contributed by atoms with Crippen molar-refractivity contribution >= 4 is 5.76 Å². The molecular weight excluding hydrogens is 264 g/mol. The predicted molar refractivity (Wildman–Crippen MR) is 84.4 cm³/mol. The summed E-state index contributed by atoms with van der Waals surface area (Å²) in [6, 6.07) is 9.88. The summed E-state index contributed by atoms with van der Waals surface area (Å²) in [6.07, 6.45) is -0.542. The summed E-state index contributed by atoms with van der Waals surface area (Å²) < 4.78 is 18.0. The minimum atomic E-state index is -0.342. The third-order valence-corrected chi connectivity index (χ3v) is 3.83. The van der Waals surface area contributed by atoms with E-state index in [2.05, 4.69) is 41.2 Å². The number of hydrogen-bond acceptors (Lipinski definition) is 3. The van der Waals surface area contributed by atoms with E-state index in [-0.39, 0.29) is 30.0 Å². The quantitative estimate of drug-likeness (QED) is 0.770. The number of rotatable bonds is 3. The van der Waals surface area contributed by atoms with Crippen molar-refractivity contribution in [3.8, 4) is 0 Å². The van der Waals surface area contributed by atoms with E-state index in [4.69, 9.17) is 14.2 Å². The van der Waals surface area contributed by atoms with E-state index in [0.29, 0.717) is 5.76 Å². The summed E-state index contributed by atoms with van der Waals surface area (Å²) in [4.78, 5) is 0. The summed E-state index contributed by atoms with van der Waals surface area (Å²) in [5.41, 5.74) is 0.879. The van der Waals surface area contributed by atoms with Gasteiger partial charge in [0.25, 0.3) is 0 Å². The fraction of sp³-hybridized carbons (Fsp3) is 0.556. The first kappa shape index (κ1) is 16.1. The van der Waals surface area contributed by atoms with Gasteiger partial charge < -0.3 is 14.2 Å². The van der Waals surface area contributed by atoms with Gasteiger partial charge in [-0.3, -0.25) is 0 Å². The van der Waals surface area contributed by atoms with Gasteiger partial charge in [0.1, 0.15) is 5.76 Å². The Labute approximate surface area is 127 Å². The molecule has 116 valence electrons. The second kappa shape index (κ2) is 6.20. The van der Waals surface area contributed by atoms with E-state index < -0.39 is 0 Å². The Balaban J connectivity index is 2.08. The molecule has 1 aromatic carbocycles. The van der Waals surface area contributed by atoms with Crippen LogP contribution in [-0.2, 0) is 14.2 Å². The molecule has 0 saturated carbocycles. The Bertz CT molecular complexity index is 475. The van der Waals surface area contributed by atoms with Crippen molar-refractivity contribution in [3.63, 3.8) is 0 Å². The Morgan fingerprint density at radius 1 is 1.10 bits per heavy atom. The van der Waals surface area contributed by atoms with Crippen molar-refractivity contribution < 1.29 is 14.2 Å². The van der Waals surface area contributed by atoms with Crippen LogP contribution in [0.3, 0.4) is 0 Å². The Morgan fingerprint density at radius 3 is 2.29 bits per heavy atom. The molecule has 0 N–H and O–H groups in total. The van der Waals surface area contributed by atoms with Crippen LogP contribution in [0.5, 0.6) is 0 Å². The van der Waals surface area contributed by atoms with Gasteiger partial charge in [0, 0.05) is 16.9 Å². The first-order valence-corrected chi connectivity index (χ1v) is 7.51. The smallest absolute Gasteiger partial charge is 0.207 e. The molecule has 0 amide bonds. The maximum atomic E-state index is 6.02. The highest BCUT2D eigenvalue weighted by molar-refractivity contribution is 5.57. The van der Waals surface area contributed by atoms with Crippen LogP contribution < -0.4 is 0 Å². The molecule has 0 radical (unpaired) electrons. The average Bonchev–Trinajstić information content (AvgIpc) is 2.43. The lowest BCUT2D eigenvalue weighted by molar-refractivity contribution is -0.338. The maximum absolute atomic E-state index is 6.02. The first-order chi connectivity index (χ1) is 9.79. The lowest BCUT2D eigenvalue weighted by Crippen LogP contribution is -2.49. The van der Waals surface area contributed by atoms with E-state index in [0.717, 1.165) is 5.56 Å². The molecule has 1 saturated heterocycles. The molecule has 0 aliphatic carbocycles. The highest BCUT2D eigenvalue weighted by Crippen LogP contribution is 2.35. The fourth-order valence-corrected chi connectivity index (χ4v) is 2.19. The SMILES string of the molecule is C=C(O[C@H]1O[C@@H](C(C)(C)C)O[C@@H](C)[C@@H]1C)c1ccccc1. The Morgan fingerprint density at radius 2 is 1.71 bits per heavy atom. The summed E-state index contributed by atoms with van der Waals surface area (Å²) in [5.74, 6) is 0.776. The van der Waals surface area contributed by atoms with E-state index in [1.807, 2.05) is 30.3 Å². The van der Waals surface area contributed by atoms with Crippen LogP contribution in [0.2, 0.25) is 0 Å². The van der Waals surface area contributed by atoms with Crippen molar-refractivity contribution in [2.75, 3.05) is 0 Å². The standard InChI is InChI=1S/C18H26O3/c1-12-13(2)20-17(18(4,5)6)21-16(12)19-14(3)15-10-8-7-9-11-15/h7-13,16-17H,3H2,1-2,4-6H3/t12-,13-,16-,17-/m0/s1. The molecule has 1 fully saturated rings. The minimum absolute atomic E-state index is 0.0801. The fourth-order valence-electron chi connectivity index (χ4n) is 2.19. The summed E-state index contributed by atoms with van der Waals surface area (Å²) >= 11 is 0. The van der Waals surface area contributed by atoms with Gasteiger partial charge in [-0.1, -0.05) is 64.6 Å². The van der Waals surface area contributed by atoms with Crippen molar-refractivity contribution in [2.45, 2.75) is 53.3 Å². The number of benzene rings is 1. The largest absolute Gasteiger partial charge is 0.464 e. The topological polar surface area (TPSA) is 27.7 Å². The Hall–Kier alpha value is -1.32. The van der Waals surface area contributed by atoms with E-state index >= 15 is 0 Å². The van der Waals surface area contributed by atoms with Gasteiger partial charge in [-0.2, -0.15) is 0 Å². The molecule has 3 heteroatoms. The van der Waals surface area contributed by atoms with Crippen LogP contribution >= 0.6 is 0 Å². The third-order valence-electron chi connectivity index (χ3n) is 3.83. The van der Waals surface area contributed by atoms with Gasteiger partial charge in [0.05, 0.1) is 6.10 Å². The van der Waals surface area contributed by atoms with Crippen molar-refractivity contribution in [2.24, 2.45) is 11.3 Å². The second-order valence-corrected chi connectivity index (χ2v) is 6.81. The van der Waals surface area contributed by atoms with Crippen molar-refractivity contribution in [3.05, 3.63) is 42.5 Å². The lowest BCUT2D eigenvalue weighted by atomic mass is 9.93. The lowest BCUT2D eigenvalue weighted by Gasteiger charge is -2.43. The Kier molecular flexibility index (Phi) is 4.74. The van der Waals surface area contributed by atoms with Crippen LogP contribution in [0.15, 0.2) is 36.9 Å². The third kappa shape index (κ3) is 3.86. The zero-order valence-corrected chi connectivity index (χ0v) is 13.6. The number of hydrogen-bond donors (Lipinski definition) is 0. The predicted octanol–water partition coefficient (Wildman–Crippen LogP) is 4.44. The van der Waals surface area contributed by atoms with Crippen LogP contribution in [0.1, 0.15) is 40.2 Å². The van der Waals surface area contributed by atoms with E-state index in [9.17, 15) is 0 Å². The minimum Gasteiger partial charge on any atom is -0.464 e. The zero-order chi connectivity index (χ0) is 15.6. The summed E-state index contributed by atoms with van der Waals surface area (Å²) in [7, 11) is 0. The highest BCUT2D eigenvalue weighted by Gasteiger charge is 2.41. The van der Waals surface area contributed by atoms with Gasteiger partial charge in [-0.05, 0) is 6.92 Å². The second-order valence-electron chi connectivity index (χ2n) is 6.81. The molecule has 4 atom stereocenters. The van der Waals surface area contributed by atoms with Gasteiger partial charge in [0.15, 0.2) is 6.29 Å². The molecule has 0 unspecified atom stereocenters. The molecule has 0 bridgehead atoms. The van der Waals surface area contributed by atoms with Gasteiger partial charge in [0.2, 0.25) is 6.29 Å². The van der Waals surface area contributed by atoms with Crippen LogP contribution in [0.4, 0.5) is 0 Å². The molecular formula is C18H26O3. The molecule has 21 heavy (non-hydrogen) atoms. The van der Waals surface area contributed by atoms with Gasteiger partial charge in [-0.25, -0.2) is 0 Å². The molecule has 3 nitrogen and oxygen atoms in total. The van der Waals surface area contributed by atoms with Crippen molar-refractivity contribution in [1.82, 2.24) is 0 Å². The monoisotopic (exact) mass is 290 g/mol. The molecule has 1 aromatic rings. The molecule has 0 spiro atoms. The van der Waals surface area contributed by atoms with Crippen LogP contribution in [0, 0.1) is 11.3 Å². The first-order valence-electron chi connectivity index (χ1n) is 7.51. The zero-order valence-electron chi connectivity index (χ0n) is 13.6. The van der Waals surface area contributed by atoms with E-state index in [1.54, 1.807) is 0 Å². The highest BCUT2D eigenvalue weighted by atomic mass is 16.8. The maximum Gasteiger partial charge on any atom is 0.207 e. The average molecular weight is 290 g/mol. The molecule has 1 aliphatic heterocycles. The summed E-state index contributed by atoms with van der Waals surface area (Å²) in [5, 5.41) is 0. The normalized spacial score (nSPS) is 30.0. The molecule has 1 heterocycles. The van der Waals surface area contributed by atoms with Crippen LogP contribution in [-0.4, -0.2) is 18.7 Å². The van der Waals surface area contributed by atoms with Crippen LogP contribution in [0.25, 0.3) is 5.76 Å². The molecule has 1 aliphatic rings. The summed E-state index contributed by atoms with van der Waals surface area (Å²) in [6.45, 7) is 14.5. The van der Waals surface area contributed by atoms with Gasteiger partial charge >= 0.3 is 0 Å². The van der Waals surface area contributed by atoms with Gasteiger partial charge in [-0.15, -0.1) is 0 Å². The molecule has 0 aromatic heterocycles. The van der Waals surface area contributed by atoms with Crippen molar-refractivity contribution in [1.29, 1.82) is 0 Å².